The lowest BCUT2D eigenvalue weighted by Crippen LogP contribution is -2.52. The summed E-state index contributed by atoms with van der Waals surface area (Å²) in [5.41, 5.74) is 1.10. The molecule has 2 aliphatic rings. The maximum atomic E-state index is 13.3. The van der Waals surface area contributed by atoms with E-state index in [2.05, 4.69) is 10.1 Å². The van der Waals surface area contributed by atoms with Crippen LogP contribution < -0.4 is 14.2 Å². The lowest BCUT2D eigenvalue weighted by atomic mass is 9.82. The van der Waals surface area contributed by atoms with Crippen molar-refractivity contribution in [2.45, 2.75) is 31.8 Å². The van der Waals surface area contributed by atoms with E-state index in [1.807, 2.05) is 25.1 Å². The average molecular weight is 463 g/mol. The standard InChI is InChI=1S/C25H26N4O5/c1-16-18(15-27-29(16)21-6-4-5-11-26-21)24(31)28-12-9-25(10-13-28)14-19(30)17-7-8-20(32-2)23(33-3)22(17)34-25/h4-8,11,15H,9-10,12-14H2,1-3H3. The number of ether oxygens (including phenoxy) is 3. The van der Waals surface area contributed by atoms with Gasteiger partial charge in [-0.1, -0.05) is 6.07 Å². The average Bonchev–Trinajstić information content (AvgIpc) is 3.25. The number of amides is 1. The normalized spacial score (nSPS) is 16.7. The molecule has 0 N–H and O–H groups in total. The molecule has 5 rings (SSSR count). The second-order valence-electron chi connectivity index (χ2n) is 8.60. The van der Waals surface area contributed by atoms with E-state index in [0.29, 0.717) is 60.1 Å². The van der Waals surface area contributed by atoms with Gasteiger partial charge < -0.3 is 19.1 Å². The second kappa shape index (κ2) is 8.48. The van der Waals surface area contributed by atoms with Gasteiger partial charge in [0.2, 0.25) is 5.75 Å². The first-order chi connectivity index (χ1) is 16.5. The van der Waals surface area contributed by atoms with Gasteiger partial charge in [0.1, 0.15) is 5.60 Å². The molecule has 0 radical (unpaired) electrons. The van der Waals surface area contributed by atoms with Crippen LogP contribution in [0, 0.1) is 6.92 Å². The van der Waals surface area contributed by atoms with Crippen molar-refractivity contribution in [2.75, 3.05) is 27.3 Å². The van der Waals surface area contributed by atoms with Crippen LogP contribution in [0.15, 0.2) is 42.7 Å². The summed E-state index contributed by atoms with van der Waals surface area (Å²) >= 11 is 0. The van der Waals surface area contributed by atoms with Crippen molar-refractivity contribution >= 4 is 11.7 Å². The Labute approximate surface area is 197 Å². The van der Waals surface area contributed by atoms with Gasteiger partial charge in [-0.05, 0) is 31.2 Å². The molecule has 1 fully saturated rings. The molecule has 9 heteroatoms. The number of piperidine rings is 1. The highest BCUT2D eigenvalue weighted by Crippen LogP contribution is 2.47. The third-order valence-electron chi connectivity index (χ3n) is 6.67. The number of aromatic nitrogens is 3. The van der Waals surface area contributed by atoms with Crippen LogP contribution in [-0.2, 0) is 0 Å². The van der Waals surface area contributed by atoms with Crippen molar-refractivity contribution in [3.8, 4) is 23.1 Å². The molecule has 0 aliphatic carbocycles. The number of likely N-dealkylation sites (tertiary alicyclic amines) is 1. The smallest absolute Gasteiger partial charge is 0.257 e. The molecule has 2 aliphatic heterocycles. The third-order valence-corrected chi connectivity index (χ3v) is 6.67. The summed E-state index contributed by atoms with van der Waals surface area (Å²) in [6, 6.07) is 8.99. The number of nitrogens with zero attached hydrogens (tertiary/aromatic N) is 4. The maximum absolute atomic E-state index is 13.3. The summed E-state index contributed by atoms with van der Waals surface area (Å²) in [5.74, 6) is 1.94. The fourth-order valence-electron chi connectivity index (χ4n) is 4.76. The van der Waals surface area contributed by atoms with E-state index < -0.39 is 5.60 Å². The molecule has 9 nitrogen and oxygen atoms in total. The van der Waals surface area contributed by atoms with Crippen LogP contribution in [0.2, 0.25) is 0 Å². The van der Waals surface area contributed by atoms with E-state index in [9.17, 15) is 9.59 Å². The monoisotopic (exact) mass is 462 g/mol. The van der Waals surface area contributed by atoms with E-state index >= 15 is 0 Å². The first-order valence-corrected chi connectivity index (χ1v) is 11.2. The number of Topliss-reactive ketones (excluding diaryl/α,β-unsaturated/α-hetero) is 1. The molecule has 1 spiro atoms. The van der Waals surface area contributed by atoms with E-state index in [-0.39, 0.29) is 18.1 Å². The van der Waals surface area contributed by atoms with Gasteiger partial charge in [-0.3, -0.25) is 9.59 Å². The largest absolute Gasteiger partial charge is 0.493 e. The van der Waals surface area contributed by atoms with Gasteiger partial charge in [0.05, 0.1) is 43.7 Å². The first-order valence-electron chi connectivity index (χ1n) is 11.2. The number of carbonyl (C=O) groups excluding carboxylic acids is 2. The van der Waals surface area contributed by atoms with Crippen molar-refractivity contribution in [1.82, 2.24) is 19.7 Å². The molecular formula is C25H26N4O5. The minimum Gasteiger partial charge on any atom is -0.493 e. The van der Waals surface area contributed by atoms with Crippen molar-refractivity contribution in [1.29, 1.82) is 0 Å². The molecule has 2 aromatic heterocycles. The fourth-order valence-corrected chi connectivity index (χ4v) is 4.76. The van der Waals surface area contributed by atoms with E-state index in [4.69, 9.17) is 14.2 Å². The minimum absolute atomic E-state index is 0.00876. The molecule has 1 aromatic carbocycles. The first kappa shape index (κ1) is 21.9. The molecule has 0 saturated carbocycles. The van der Waals surface area contributed by atoms with Gasteiger partial charge in [-0.25, -0.2) is 9.67 Å². The molecule has 176 valence electrons. The summed E-state index contributed by atoms with van der Waals surface area (Å²) in [6.07, 6.45) is 4.63. The number of ketones is 1. The van der Waals surface area contributed by atoms with Gasteiger partial charge in [0.15, 0.2) is 23.1 Å². The number of fused-ring (bicyclic) bond motifs is 1. The summed E-state index contributed by atoms with van der Waals surface area (Å²) in [7, 11) is 3.08. The highest BCUT2D eigenvalue weighted by Gasteiger charge is 2.45. The van der Waals surface area contributed by atoms with E-state index in [1.165, 1.54) is 7.11 Å². The highest BCUT2D eigenvalue weighted by atomic mass is 16.5. The SMILES string of the molecule is COc1ccc2c(c1OC)OC1(CCN(C(=O)c3cnn(-c4ccccn4)c3C)CC1)CC2=O. The number of rotatable bonds is 4. The van der Waals surface area contributed by atoms with Crippen molar-refractivity contribution in [2.24, 2.45) is 0 Å². The highest BCUT2D eigenvalue weighted by molar-refractivity contribution is 6.01. The molecule has 34 heavy (non-hydrogen) atoms. The Balaban J connectivity index is 1.34. The number of hydrogen-bond donors (Lipinski definition) is 0. The number of benzene rings is 1. The molecule has 0 unspecified atom stereocenters. The Kier molecular flexibility index (Phi) is 5.47. The lowest BCUT2D eigenvalue weighted by molar-refractivity contribution is -0.00747. The van der Waals surface area contributed by atoms with E-state index in [1.54, 1.807) is 41.2 Å². The minimum atomic E-state index is -0.673. The van der Waals surface area contributed by atoms with Crippen LogP contribution in [0.4, 0.5) is 0 Å². The second-order valence-corrected chi connectivity index (χ2v) is 8.60. The molecule has 0 atom stereocenters. The number of methoxy groups -OCH3 is 2. The lowest BCUT2D eigenvalue weighted by Gasteiger charge is -2.44. The molecular weight excluding hydrogens is 436 g/mol. The Bertz CT molecular complexity index is 1250. The molecule has 4 heterocycles. The molecule has 1 saturated heterocycles. The Hall–Kier alpha value is -3.88. The zero-order chi connectivity index (χ0) is 23.9. The van der Waals surface area contributed by atoms with Gasteiger partial charge in [-0.2, -0.15) is 5.10 Å². The van der Waals surface area contributed by atoms with Crippen LogP contribution in [0.25, 0.3) is 5.82 Å². The van der Waals surface area contributed by atoms with Crippen molar-refractivity contribution in [3.05, 3.63) is 59.5 Å². The van der Waals surface area contributed by atoms with Gasteiger partial charge in [-0.15, -0.1) is 0 Å². The predicted octanol–water partition coefficient (Wildman–Crippen LogP) is 3.23. The van der Waals surface area contributed by atoms with Crippen molar-refractivity contribution in [3.63, 3.8) is 0 Å². The molecule has 1 amide bonds. The van der Waals surface area contributed by atoms with Crippen LogP contribution >= 0.6 is 0 Å². The van der Waals surface area contributed by atoms with Gasteiger partial charge in [0.25, 0.3) is 5.91 Å². The Morgan fingerprint density at radius 2 is 1.91 bits per heavy atom. The summed E-state index contributed by atoms with van der Waals surface area (Å²) in [4.78, 5) is 32.4. The van der Waals surface area contributed by atoms with Crippen molar-refractivity contribution < 1.29 is 23.8 Å². The zero-order valence-corrected chi connectivity index (χ0v) is 19.4. The van der Waals surface area contributed by atoms with E-state index in [0.717, 1.165) is 5.69 Å². The number of hydrogen-bond acceptors (Lipinski definition) is 7. The van der Waals surface area contributed by atoms with Crippen LogP contribution in [0.3, 0.4) is 0 Å². The van der Waals surface area contributed by atoms with Gasteiger partial charge in [0, 0.05) is 32.1 Å². The predicted molar refractivity (Wildman–Crippen MR) is 123 cm³/mol. The number of carbonyl (C=O) groups is 2. The van der Waals surface area contributed by atoms with Gasteiger partial charge >= 0.3 is 0 Å². The zero-order valence-electron chi connectivity index (χ0n) is 19.4. The van der Waals surface area contributed by atoms with Crippen LogP contribution in [-0.4, -0.2) is 64.3 Å². The molecule has 3 aromatic rings. The fraction of sp³-hybridized carbons (Fsp3) is 0.360. The topological polar surface area (TPSA) is 95.8 Å². The summed E-state index contributed by atoms with van der Waals surface area (Å²) in [6.45, 7) is 2.81. The maximum Gasteiger partial charge on any atom is 0.257 e. The van der Waals surface area contributed by atoms with Crippen LogP contribution in [0.5, 0.6) is 17.2 Å². The number of pyridine rings is 1. The summed E-state index contributed by atoms with van der Waals surface area (Å²) < 4.78 is 19.0. The Morgan fingerprint density at radius 3 is 2.59 bits per heavy atom. The van der Waals surface area contributed by atoms with Crippen LogP contribution in [0.1, 0.15) is 45.7 Å². The summed E-state index contributed by atoms with van der Waals surface area (Å²) in [5, 5.41) is 4.37. The third kappa shape index (κ3) is 3.57. The molecule has 0 bridgehead atoms. The Morgan fingerprint density at radius 1 is 1.12 bits per heavy atom. The quantitative estimate of drug-likeness (QED) is 0.587.